The number of nitrogens with one attached hydrogen (secondary N) is 2. The van der Waals surface area contributed by atoms with E-state index in [0.29, 0.717) is 5.92 Å². The molecule has 1 aliphatic heterocycles. The number of guanidine groups is 1. The Morgan fingerprint density at radius 3 is 2.69 bits per heavy atom. The van der Waals surface area contributed by atoms with Crippen LogP contribution in [0.5, 0.6) is 5.75 Å². The highest BCUT2D eigenvalue weighted by atomic mass is 127. The first-order chi connectivity index (χ1) is 12.2. The third kappa shape index (κ3) is 4.90. The number of benzene rings is 2. The van der Waals surface area contributed by atoms with E-state index < -0.39 is 0 Å². The minimum Gasteiger partial charge on any atom is -0.493 e. The van der Waals surface area contributed by atoms with Crippen molar-refractivity contribution in [2.45, 2.75) is 32.2 Å². The number of nitrogens with zero attached hydrogens (tertiary/aromatic N) is 1. The zero-order valence-corrected chi connectivity index (χ0v) is 18.0. The van der Waals surface area contributed by atoms with Gasteiger partial charge in [-0.15, -0.1) is 24.0 Å². The number of para-hydroxylation sites is 1. The third-order valence-corrected chi connectivity index (χ3v) is 4.83. The predicted molar refractivity (Wildman–Crippen MR) is 119 cm³/mol. The van der Waals surface area contributed by atoms with Crippen molar-refractivity contribution >= 4 is 29.9 Å². The summed E-state index contributed by atoms with van der Waals surface area (Å²) in [7, 11) is 1.82. The normalized spacial score (nSPS) is 17.3. The third-order valence-electron chi connectivity index (χ3n) is 4.83. The lowest BCUT2D eigenvalue weighted by atomic mass is 9.93. The molecule has 2 unspecified atom stereocenters. The summed E-state index contributed by atoms with van der Waals surface area (Å²) in [6, 6.07) is 17.0. The van der Waals surface area contributed by atoms with Crippen LogP contribution in [0.1, 0.15) is 42.0 Å². The highest BCUT2D eigenvalue weighted by molar-refractivity contribution is 14.0. The smallest absolute Gasteiger partial charge is 0.191 e. The fourth-order valence-electron chi connectivity index (χ4n) is 3.40. The van der Waals surface area contributed by atoms with E-state index in [-0.39, 0.29) is 30.0 Å². The molecule has 140 valence electrons. The van der Waals surface area contributed by atoms with Crippen molar-refractivity contribution < 1.29 is 4.74 Å². The van der Waals surface area contributed by atoms with Gasteiger partial charge in [-0.05, 0) is 43.0 Å². The molecule has 0 spiro atoms. The summed E-state index contributed by atoms with van der Waals surface area (Å²) in [6.45, 7) is 5.93. The predicted octanol–water partition coefficient (Wildman–Crippen LogP) is 4.41. The first kappa shape index (κ1) is 20.6. The van der Waals surface area contributed by atoms with Gasteiger partial charge in [-0.1, -0.05) is 42.5 Å². The molecule has 26 heavy (non-hydrogen) atoms. The van der Waals surface area contributed by atoms with Crippen LogP contribution in [0, 0.1) is 6.92 Å². The van der Waals surface area contributed by atoms with Crippen LogP contribution < -0.4 is 15.4 Å². The molecule has 0 saturated carbocycles. The highest BCUT2D eigenvalue weighted by Gasteiger charge is 2.21. The molecular weight excluding hydrogens is 437 g/mol. The van der Waals surface area contributed by atoms with Gasteiger partial charge in [0.2, 0.25) is 0 Å². The number of aryl methyl sites for hydroxylation is 1. The van der Waals surface area contributed by atoms with Crippen LogP contribution >= 0.6 is 24.0 Å². The minimum absolute atomic E-state index is 0. The standard InChI is InChI=1S/C21H27N3O.HI/c1-15-8-4-5-9-18(15)16(2)24-21(22-3)23-14-17-12-13-25-20-11-7-6-10-19(17)20;/h4-11,16-17H,12-14H2,1-3H3,(H2,22,23,24);1H. The number of rotatable bonds is 4. The second-order valence-corrected chi connectivity index (χ2v) is 6.55. The number of ether oxygens (including phenoxy) is 1. The summed E-state index contributed by atoms with van der Waals surface area (Å²) in [5, 5.41) is 6.98. The fourth-order valence-corrected chi connectivity index (χ4v) is 3.40. The van der Waals surface area contributed by atoms with Crippen LogP contribution in [-0.2, 0) is 0 Å². The van der Waals surface area contributed by atoms with E-state index in [1.54, 1.807) is 0 Å². The molecule has 0 radical (unpaired) electrons. The van der Waals surface area contributed by atoms with E-state index in [1.807, 2.05) is 13.1 Å². The van der Waals surface area contributed by atoms with Crippen molar-refractivity contribution in [3.63, 3.8) is 0 Å². The van der Waals surface area contributed by atoms with Crippen LogP contribution in [0.25, 0.3) is 0 Å². The van der Waals surface area contributed by atoms with Gasteiger partial charge >= 0.3 is 0 Å². The SMILES string of the molecule is CN=C(NCC1CCOc2ccccc21)NC(C)c1ccccc1C.I. The van der Waals surface area contributed by atoms with Gasteiger partial charge in [0.15, 0.2) is 5.96 Å². The lowest BCUT2D eigenvalue weighted by Crippen LogP contribution is -2.41. The Bertz CT molecular complexity index is 748. The van der Waals surface area contributed by atoms with Crippen LogP contribution in [0.2, 0.25) is 0 Å². The number of fused-ring (bicyclic) bond motifs is 1. The summed E-state index contributed by atoms with van der Waals surface area (Å²) >= 11 is 0. The zero-order valence-electron chi connectivity index (χ0n) is 15.7. The van der Waals surface area contributed by atoms with Crippen LogP contribution in [0.3, 0.4) is 0 Å². The summed E-state index contributed by atoms with van der Waals surface area (Å²) < 4.78 is 5.75. The van der Waals surface area contributed by atoms with E-state index >= 15 is 0 Å². The van der Waals surface area contributed by atoms with Gasteiger partial charge in [0, 0.05) is 19.5 Å². The fraction of sp³-hybridized carbons (Fsp3) is 0.381. The van der Waals surface area contributed by atoms with Crippen LogP contribution in [-0.4, -0.2) is 26.2 Å². The van der Waals surface area contributed by atoms with E-state index in [0.717, 1.165) is 31.3 Å². The maximum atomic E-state index is 5.75. The first-order valence-corrected chi connectivity index (χ1v) is 8.93. The van der Waals surface area contributed by atoms with Gasteiger partial charge in [0.05, 0.1) is 12.6 Å². The molecule has 1 aliphatic rings. The number of aliphatic imine (C=N–C) groups is 1. The Morgan fingerprint density at radius 1 is 1.19 bits per heavy atom. The zero-order chi connectivity index (χ0) is 17.6. The maximum Gasteiger partial charge on any atom is 0.191 e. The quantitative estimate of drug-likeness (QED) is 0.400. The van der Waals surface area contributed by atoms with E-state index in [4.69, 9.17) is 4.74 Å². The van der Waals surface area contributed by atoms with Crippen molar-refractivity contribution in [3.8, 4) is 5.75 Å². The lowest BCUT2D eigenvalue weighted by molar-refractivity contribution is 0.267. The van der Waals surface area contributed by atoms with Gasteiger partial charge in [-0.3, -0.25) is 4.99 Å². The van der Waals surface area contributed by atoms with Crippen molar-refractivity contribution in [2.75, 3.05) is 20.2 Å². The second kappa shape index (κ2) is 9.80. The highest BCUT2D eigenvalue weighted by Crippen LogP contribution is 2.32. The van der Waals surface area contributed by atoms with E-state index in [2.05, 4.69) is 71.9 Å². The van der Waals surface area contributed by atoms with Gasteiger partial charge in [-0.2, -0.15) is 0 Å². The average molecular weight is 465 g/mol. The Kier molecular flexibility index (Phi) is 7.75. The van der Waals surface area contributed by atoms with Gasteiger partial charge in [0.25, 0.3) is 0 Å². The Labute approximate surface area is 173 Å². The molecule has 5 heteroatoms. The monoisotopic (exact) mass is 465 g/mol. The lowest BCUT2D eigenvalue weighted by Gasteiger charge is -2.27. The minimum atomic E-state index is 0. The molecule has 1 heterocycles. The van der Waals surface area contributed by atoms with Crippen molar-refractivity contribution in [1.82, 2.24) is 10.6 Å². The molecule has 3 rings (SSSR count). The van der Waals surface area contributed by atoms with Crippen molar-refractivity contribution in [2.24, 2.45) is 4.99 Å². The van der Waals surface area contributed by atoms with Gasteiger partial charge in [-0.25, -0.2) is 0 Å². The van der Waals surface area contributed by atoms with Crippen LogP contribution in [0.15, 0.2) is 53.5 Å². The maximum absolute atomic E-state index is 5.75. The first-order valence-electron chi connectivity index (χ1n) is 8.93. The van der Waals surface area contributed by atoms with E-state index in [1.165, 1.54) is 16.7 Å². The number of hydrogen-bond donors (Lipinski definition) is 2. The number of halogens is 1. The average Bonchev–Trinajstić information content (AvgIpc) is 2.65. The molecular formula is C21H28IN3O. The number of hydrogen-bond acceptors (Lipinski definition) is 2. The Balaban J connectivity index is 0.00000243. The van der Waals surface area contributed by atoms with Gasteiger partial charge in [0.1, 0.15) is 5.75 Å². The summed E-state index contributed by atoms with van der Waals surface area (Å²) in [6.07, 6.45) is 1.02. The molecule has 2 atom stereocenters. The van der Waals surface area contributed by atoms with Crippen molar-refractivity contribution in [3.05, 3.63) is 65.2 Å². The molecule has 2 aromatic rings. The summed E-state index contributed by atoms with van der Waals surface area (Å²) in [4.78, 5) is 4.39. The topological polar surface area (TPSA) is 45.7 Å². The molecule has 0 aliphatic carbocycles. The summed E-state index contributed by atoms with van der Waals surface area (Å²) in [5.74, 6) is 2.29. The molecule has 2 aromatic carbocycles. The molecule has 0 saturated heterocycles. The molecule has 0 fully saturated rings. The Morgan fingerprint density at radius 2 is 1.92 bits per heavy atom. The molecule has 0 amide bonds. The van der Waals surface area contributed by atoms with Crippen molar-refractivity contribution in [1.29, 1.82) is 0 Å². The molecule has 2 N–H and O–H groups in total. The largest absolute Gasteiger partial charge is 0.493 e. The van der Waals surface area contributed by atoms with E-state index in [9.17, 15) is 0 Å². The molecule has 4 nitrogen and oxygen atoms in total. The second-order valence-electron chi connectivity index (χ2n) is 6.55. The summed E-state index contributed by atoms with van der Waals surface area (Å²) in [5.41, 5.74) is 3.86. The molecule has 0 bridgehead atoms. The Hall–Kier alpha value is -1.76. The molecule has 0 aromatic heterocycles. The van der Waals surface area contributed by atoms with Crippen LogP contribution in [0.4, 0.5) is 0 Å². The van der Waals surface area contributed by atoms with Gasteiger partial charge < -0.3 is 15.4 Å².